The van der Waals surface area contributed by atoms with E-state index in [9.17, 15) is 5.11 Å². The van der Waals surface area contributed by atoms with Gasteiger partial charge in [0.05, 0.1) is 12.1 Å². The van der Waals surface area contributed by atoms with E-state index in [0.717, 1.165) is 19.4 Å². The molecule has 0 atom stereocenters. The number of rotatable bonds is 5. The quantitative estimate of drug-likeness (QED) is 0.884. The summed E-state index contributed by atoms with van der Waals surface area (Å²) in [5.41, 5.74) is 2.39. The number of nitrogens with zero attached hydrogens (tertiary/aromatic N) is 1. The van der Waals surface area contributed by atoms with Gasteiger partial charge in [0.15, 0.2) is 0 Å². The standard InChI is InChI=1S/C20H25NO/c22-17-20(14-8-3-9-15-20)21(19-12-6-2-7-13-19)16-18-10-4-1-5-11-18/h1-2,4-7,10-13,22H,3,8-9,14-17H2. The van der Waals surface area contributed by atoms with Crippen molar-refractivity contribution in [3.63, 3.8) is 0 Å². The third-order valence-corrected chi connectivity index (χ3v) is 4.90. The van der Waals surface area contributed by atoms with E-state index < -0.39 is 0 Å². The molecule has 1 N–H and O–H groups in total. The minimum absolute atomic E-state index is 0.116. The van der Waals surface area contributed by atoms with Crippen molar-refractivity contribution in [2.45, 2.75) is 44.2 Å². The molecule has 3 rings (SSSR count). The minimum Gasteiger partial charge on any atom is -0.394 e. The van der Waals surface area contributed by atoms with Gasteiger partial charge in [0.25, 0.3) is 0 Å². The molecule has 0 bridgehead atoms. The fourth-order valence-electron chi connectivity index (χ4n) is 3.63. The van der Waals surface area contributed by atoms with Gasteiger partial charge in [-0.05, 0) is 30.5 Å². The summed E-state index contributed by atoms with van der Waals surface area (Å²) < 4.78 is 0. The molecular weight excluding hydrogens is 270 g/mol. The average molecular weight is 295 g/mol. The van der Waals surface area contributed by atoms with Crippen LogP contribution in [0, 0.1) is 0 Å². The van der Waals surface area contributed by atoms with Crippen LogP contribution < -0.4 is 4.90 Å². The molecule has 2 heteroatoms. The number of hydrogen-bond acceptors (Lipinski definition) is 2. The Labute approximate surface area is 133 Å². The first-order valence-electron chi connectivity index (χ1n) is 8.32. The summed E-state index contributed by atoms with van der Waals surface area (Å²) in [6, 6.07) is 21.1. The summed E-state index contributed by atoms with van der Waals surface area (Å²) in [5, 5.41) is 10.2. The van der Waals surface area contributed by atoms with Crippen molar-refractivity contribution < 1.29 is 5.11 Å². The van der Waals surface area contributed by atoms with E-state index in [1.54, 1.807) is 0 Å². The molecule has 2 aromatic rings. The zero-order chi connectivity index (χ0) is 15.3. The Hall–Kier alpha value is -1.80. The summed E-state index contributed by atoms with van der Waals surface area (Å²) >= 11 is 0. The maximum Gasteiger partial charge on any atom is 0.0663 e. The molecular formula is C20H25NO. The van der Waals surface area contributed by atoms with Crippen molar-refractivity contribution in [3.05, 3.63) is 66.2 Å². The molecule has 0 saturated heterocycles. The Kier molecular flexibility index (Phi) is 4.79. The minimum atomic E-state index is -0.116. The first-order chi connectivity index (χ1) is 10.8. The second-order valence-electron chi connectivity index (χ2n) is 6.35. The van der Waals surface area contributed by atoms with Gasteiger partial charge in [-0.25, -0.2) is 0 Å². The van der Waals surface area contributed by atoms with Crippen molar-refractivity contribution >= 4 is 5.69 Å². The summed E-state index contributed by atoms with van der Waals surface area (Å²) in [7, 11) is 0. The van der Waals surface area contributed by atoms with Crippen molar-refractivity contribution in [1.29, 1.82) is 0 Å². The maximum atomic E-state index is 10.2. The number of anilines is 1. The second-order valence-corrected chi connectivity index (χ2v) is 6.35. The van der Waals surface area contributed by atoms with Gasteiger partial charge >= 0.3 is 0 Å². The lowest BCUT2D eigenvalue weighted by Gasteiger charge is -2.47. The van der Waals surface area contributed by atoms with Crippen LogP contribution in [0.5, 0.6) is 0 Å². The van der Waals surface area contributed by atoms with E-state index in [1.807, 2.05) is 0 Å². The van der Waals surface area contributed by atoms with Crippen LogP contribution in [0.4, 0.5) is 5.69 Å². The Morgan fingerprint density at radius 3 is 2.00 bits per heavy atom. The van der Waals surface area contributed by atoms with Crippen LogP contribution in [0.3, 0.4) is 0 Å². The third kappa shape index (κ3) is 3.17. The molecule has 2 nitrogen and oxygen atoms in total. The highest BCUT2D eigenvalue weighted by Crippen LogP contribution is 2.37. The Bertz CT molecular complexity index is 561. The fraction of sp³-hybridized carbons (Fsp3) is 0.400. The molecule has 0 aliphatic heterocycles. The van der Waals surface area contributed by atoms with Gasteiger partial charge in [0, 0.05) is 12.2 Å². The summed E-state index contributed by atoms with van der Waals surface area (Å²) in [6.45, 7) is 1.08. The lowest BCUT2D eigenvalue weighted by Crippen LogP contribution is -2.52. The molecule has 1 fully saturated rings. The molecule has 1 aliphatic carbocycles. The summed E-state index contributed by atoms with van der Waals surface area (Å²) in [4.78, 5) is 2.43. The predicted octanol–water partition coefficient (Wildman–Crippen LogP) is 4.39. The molecule has 1 saturated carbocycles. The van der Waals surface area contributed by atoms with Crippen molar-refractivity contribution in [2.24, 2.45) is 0 Å². The highest BCUT2D eigenvalue weighted by Gasteiger charge is 2.37. The zero-order valence-electron chi connectivity index (χ0n) is 13.1. The average Bonchev–Trinajstić information content (AvgIpc) is 2.62. The summed E-state index contributed by atoms with van der Waals surface area (Å²) in [5.74, 6) is 0. The largest absolute Gasteiger partial charge is 0.394 e. The van der Waals surface area contributed by atoms with Crippen molar-refractivity contribution in [2.75, 3.05) is 11.5 Å². The lowest BCUT2D eigenvalue weighted by molar-refractivity contribution is 0.145. The van der Waals surface area contributed by atoms with E-state index in [-0.39, 0.29) is 12.1 Å². The van der Waals surface area contributed by atoms with Gasteiger partial charge in [0.1, 0.15) is 0 Å². The predicted molar refractivity (Wildman–Crippen MR) is 92.0 cm³/mol. The number of para-hydroxylation sites is 1. The molecule has 0 unspecified atom stereocenters. The first kappa shape index (κ1) is 15.1. The monoisotopic (exact) mass is 295 g/mol. The molecule has 2 aromatic carbocycles. The SMILES string of the molecule is OCC1(N(Cc2ccccc2)c2ccccc2)CCCCC1. The molecule has 0 amide bonds. The Balaban J connectivity index is 1.95. The first-order valence-corrected chi connectivity index (χ1v) is 8.32. The molecule has 0 radical (unpaired) electrons. The number of benzene rings is 2. The van der Waals surface area contributed by atoms with Crippen LogP contribution in [0.15, 0.2) is 60.7 Å². The smallest absolute Gasteiger partial charge is 0.0663 e. The second kappa shape index (κ2) is 6.97. The zero-order valence-corrected chi connectivity index (χ0v) is 13.1. The van der Waals surface area contributed by atoms with E-state index >= 15 is 0 Å². The van der Waals surface area contributed by atoms with Crippen LogP contribution in [0.25, 0.3) is 0 Å². The summed E-state index contributed by atoms with van der Waals surface area (Å²) in [6.07, 6.45) is 5.85. The van der Waals surface area contributed by atoms with Crippen LogP contribution in [0.2, 0.25) is 0 Å². The Morgan fingerprint density at radius 2 is 1.41 bits per heavy atom. The van der Waals surface area contributed by atoms with Crippen LogP contribution in [-0.4, -0.2) is 17.3 Å². The van der Waals surface area contributed by atoms with Gasteiger partial charge in [-0.1, -0.05) is 67.8 Å². The van der Waals surface area contributed by atoms with Gasteiger partial charge in [0.2, 0.25) is 0 Å². The topological polar surface area (TPSA) is 23.5 Å². The van der Waals surface area contributed by atoms with Crippen LogP contribution in [0.1, 0.15) is 37.7 Å². The van der Waals surface area contributed by atoms with Crippen molar-refractivity contribution in [1.82, 2.24) is 0 Å². The number of aliphatic hydroxyl groups is 1. The van der Waals surface area contributed by atoms with Gasteiger partial charge in [-0.2, -0.15) is 0 Å². The van der Waals surface area contributed by atoms with Gasteiger partial charge < -0.3 is 10.0 Å². The molecule has 116 valence electrons. The van der Waals surface area contributed by atoms with E-state index in [0.29, 0.717) is 0 Å². The van der Waals surface area contributed by atoms with E-state index in [4.69, 9.17) is 0 Å². The van der Waals surface area contributed by atoms with Crippen LogP contribution in [-0.2, 0) is 6.54 Å². The highest BCUT2D eigenvalue weighted by molar-refractivity contribution is 5.50. The number of aliphatic hydroxyl groups excluding tert-OH is 1. The normalized spacial score (nSPS) is 17.1. The number of hydrogen-bond donors (Lipinski definition) is 1. The maximum absolute atomic E-state index is 10.2. The van der Waals surface area contributed by atoms with Gasteiger partial charge in [-0.15, -0.1) is 0 Å². The van der Waals surface area contributed by atoms with E-state index in [2.05, 4.69) is 65.6 Å². The van der Waals surface area contributed by atoms with E-state index in [1.165, 1.54) is 30.5 Å². The highest BCUT2D eigenvalue weighted by atomic mass is 16.3. The Morgan fingerprint density at radius 1 is 0.818 bits per heavy atom. The molecule has 22 heavy (non-hydrogen) atoms. The molecule has 0 aromatic heterocycles. The molecule has 0 spiro atoms. The molecule has 0 heterocycles. The lowest BCUT2D eigenvalue weighted by atomic mass is 9.80. The van der Waals surface area contributed by atoms with Gasteiger partial charge in [-0.3, -0.25) is 0 Å². The van der Waals surface area contributed by atoms with Crippen molar-refractivity contribution in [3.8, 4) is 0 Å². The van der Waals surface area contributed by atoms with Crippen LogP contribution >= 0.6 is 0 Å². The molecule has 1 aliphatic rings. The fourth-order valence-corrected chi connectivity index (χ4v) is 3.63. The third-order valence-electron chi connectivity index (χ3n) is 4.90.